The topological polar surface area (TPSA) is 86.2 Å². The minimum Gasteiger partial charge on any atom is -0.481 e. The number of halogens is 1. The van der Waals surface area contributed by atoms with Gasteiger partial charge < -0.3 is 10.2 Å². The molecule has 4 rings (SSSR count). The largest absolute Gasteiger partial charge is 0.481 e. The van der Waals surface area contributed by atoms with Crippen LogP contribution in [0.2, 0.25) is 5.02 Å². The molecule has 166 valence electrons. The Morgan fingerprint density at radius 1 is 1.03 bits per heavy atom. The molecule has 0 saturated carbocycles. The SMILES string of the molecule is CC(C)(C)O.Cc1cc2cc(-c3ccn[nH]3)ccc2c(-c2ccc(Cl)cc2)c1CC(=O)O. The summed E-state index contributed by atoms with van der Waals surface area (Å²) in [5.41, 5.74) is 5.16. The molecule has 0 aliphatic rings. The van der Waals surface area contributed by atoms with Gasteiger partial charge in [0.15, 0.2) is 0 Å². The maximum Gasteiger partial charge on any atom is 0.307 e. The third kappa shape index (κ3) is 5.96. The molecule has 1 heterocycles. The summed E-state index contributed by atoms with van der Waals surface area (Å²) in [4.78, 5) is 11.5. The van der Waals surface area contributed by atoms with Crippen LogP contribution in [0.15, 0.2) is 60.8 Å². The number of aliphatic carboxylic acids is 1. The van der Waals surface area contributed by atoms with Gasteiger partial charge in [0.25, 0.3) is 0 Å². The van der Waals surface area contributed by atoms with Crippen LogP contribution >= 0.6 is 11.6 Å². The van der Waals surface area contributed by atoms with Gasteiger partial charge in [0.2, 0.25) is 0 Å². The van der Waals surface area contributed by atoms with Gasteiger partial charge in [-0.1, -0.05) is 41.9 Å². The highest BCUT2D eigenvalue weighted by Gasteiger charge is 2.16. The molecule has 4 aromatic rings. The van der Waals surface area contributed by atoms with Gasteiger partial charge in [-0.05, 0) is 85.0 Å². The molecule has 6 heteroatoms. The van der Waals surface area contributed by atoms with Crippen molar-refractivity contribution >= 4 is 28.3 Å². The molecule has 5 nitrogen and oxygen atoms in total. The fraction of sp³-hybridized carbons (Fsp3) is 0.231. The van der Waals surface area contributed by atoms with E-state index in [9.17, 15) is 9.90 Å². The lowest BCUT2D eigenvalue weighted by Crippen LogP contribution is -2.10. The van der Waals surface area contributed by atoms with Crippen molar-refractivity contribution in [2.24, 2.45) is 0 Å². The van der Waals surface area contributed by atoms with Crippen molar-refractivity contribution in [2.45, 2.75) is 39.7 Å². The fourth-order valence-corrected chi connectivity index (χ4v) is 3.63. The second-order valence-electron chi connectivity index (χ2n) is 8.70. The van der Waals surface area contributed by atoms with Gasteiger partial charge >= 0.3 is 5.97 Å². The van der Waals surface area contributed by atoms with Crippen molar-refractivity contribution < 1.29 is 15.0 Å². The molecule has 32 heavy (non-hydrogen) atoms. The predicted molar refractivity (Wildman–Crippen MR) is 130 cm³/mol. The van der Waals surface area contributed by atoms with Gasteiger partial charge in [0.1, 0.15) is 0 Å². The number of carboxylic acids is 1. The van der Waals surface area contributed by atoms with Crippen LogP contribution in [0.1, 0.15) is 31.9 Å². The van der Waals surface area contributed by atoms with E-state index in [4.69, 9.17) is 16.7 Å². The Hall–Kier alpha value is -3.15. The van der Waals surface area contributed by atoms with Crippen molar-refractivity contribution in [3.63, 3.8) is 0 Å². The summed E-state index contributed by atoms with van der Waals surface area (Å²) in [7, 11) is 0. The number of hydrogen-bond donors (Lipinski definition) is 3. The van der Waals surface area contributed by atoms with Crippen LogP contribution in [-0.2, 0) is 11.2 Å². The summed E-state index contributed by atoms with van der Waals surface area (Å²) in [6.07, 6.45) is 1.70. The van der Waals surface area contributed by atoms with Gasteiger partial charge in [-0.3, -0.25) is 9.89 Å². The molecule has 1 aromatic heterocycles. The fourth-order valence-electron chi connectivity index (χ4n) is 3.50. The molecule has 0 amide bonds. The molecule has 0 saturated heterocycles. The monoisotopic (exact) mass is 450 g/mol. The van der Waals surface area contributed by atoms with Gasteiger partial charge in [-0.2, -0.15) is 5.10 Å². The van der Waals surface area contributed by atoms with Crippen LogP contribution in [0.25, 0.3) is 33.2 Å². The zero-order valence-corrected chi connectivity index (χ0v) is 19.4. The number of rotatable bonds is 4. The Balaban J connectivity index is 0.000000523. The Labute approximate surface area is 192 Å². The van der Waals surface area contributed by atoms with Crippen molar-refractivity contribution in [1.82, 2.24) is 10.2 Å². The summed E-state index contributed by atoms with van der Waals surface area (Å²) >= 11 is 6.05. The average molecular weight is 451 g/mol. The molecule has 0 fully saturated rings. The van der Waals surface area contributed by atoms with Gasteiger partial charge in [-0.25, -0.2) is 0 Å². The zero-order chi connectivity index (χ0) is 23.5. The van der Waals surface area contributed by atoms with Gasteiger partial charge in [0.05, 0.1) is 17.7 Å². The normalized spacial score (nSPS) is 11.2. The molecule has 0 bridgehead atoms. The summed E-state index contributed by atoms with van der Waals surface area (Å²) in [6, 6.07) is 17.7. The van der Waals surface area contributed by atoms with E-state index in [1.54, 1.807) is 27.0 Å². The standard InChI is InChI=1S/C22H17ClN2O2.C4H10O/c1-13-10-16-11-15(20-8-9-24-25-20)4-7-18(16)22(19(13)12-21(26)27)14-2-5-17(23)6-3-14;1-4(2,3)5/h2-11H,12H2,1H3,(H,24,25)(H,26,27);5H,1-3H3. The Morgan fingerprint density at radius 2 is 1.66 bits per heavy atom. The van der Waals surface area contributed by atoms with Crippen LogP contribution in [0.3, 0.4) is 0 Å². The number of nitrogens with one attached hydrogen (secondary N) is 1. The molecule has 3 N–H and O–H groups in total. The average Bonchev–Trinajstić information content (AvgIpc) is 3.22. The maximum atomic E-state index is 11.5. The number of hydrogen-bond acceptors (Lipinski definition) is 3. The van der Waals surface area contributed by atoms with E-state index < -0.39 is 11.6 Å². The quantitative estimate of drug-likeness (QED) is 0.342. The number of aliphatic hydroxyl groups is 1. The van der Waals surface area contributed by atoms with Crippen molar-refractivity contribution in [3.8, 4) is 22.4 Å². The Kier molecular flexibility index (Phi) is 7.02. The Morgan fingerprint density at radius 3 is 2.22 bits per heavy atom. The highest BCUT2D eigenvalue weighted by atomic mass is 35.5. The van der Waals surface area contributed by atoms with Crippen molar-refractivity contribution in [3.05, 3.63) is 76.9 Å². The first-order valence-electron chi connectivity index (χ1n) is 10.3. The predicted octanol–water partition coefficient (Wildman–Crippen LogP) is 6.26. The minimum absolute atomic E-state index is 0.0258. The number of benzene rings is 3. The summed E-state index contributed by atoms with van der Waals surface area (Å²) in [6.45, 7) is 7.19. The molecular weight excluding hydrogens is 424 g/mol. The lowest BCUT2D eigenvalue weighted by Gasteiger charge is -2.16. The van der Waals surface area contributed by atoms with Gasteiger partial charge in [0, 0.05) is 16.8 Å². The molecule has 0 radical (unpaired) electrons. The van der Waals surface area contributed by atoms with E-state index in [1.165, 1.54) is 0 Å². The summed E-state index contributed by atoms with van der Waals surface area (Å²) in [5.74, 6) is -0.846. The maximum absolute atomic E-state index is 11.5. The number of aromatic amines is 1. The first kappa shape index (κ1) is 23.5. The van der Waals surface area contributed by atoms with Crippen molar-refractivity contribution in [2.75, 3.05) is 0 Å². The number of nitrogens with zero attached hydrogens (tertiary/aromatic N) is 1. The molecule has 0 aliphatic carbocycles. The third-order valence-corrected chi connectivity index (χ3v) is 5.00. The van der Waals surface area contributed by atoms with E-state index in [2.05, 4.69) is 16.3 Å². The molecular formula is C26H27ClN2O3. The lowest BCUT2D eigenvalue weighted by atomic mass is 9.88. The van der Waals surface area contributed by atoms with Gasteiger partial charge in [-0.15, -0.1) is 0 Å². The van der Waals surface area contributed by atoms with Crippen molar-refractivity contribution in [1.29, 1.82) is 0 Å². The zero-order valence-electron chi connectivity index (χ0n) is 18.6. The molecule has 0 aliphatic heterocycles. The van der Waals surface area contributed by atoms with E-state index >= 15 is 0 Å². The highest BCUT2D eigenvalue weighted by molar-refractivity contribution is 6.30. The Bertz CT molecular complexity index is 1220. The minimum atomic E-state index is -0.846. The highest BCUT2D eigenvalue weighted by Crippen LogP contribution is 2.37. The number of aryl methyl sites for hydroxylation is 1. The molecule has 0 spiro atoms. The van der Waals surface area contributed by atoms with Crippen LogP contribution < -0.4 is 0 Å². The lowest BCUT2D eigenvalue weighted by molar-refractivity contribution is -0.136. The van der Waals surface area contributed by atoms with E-state index in [1.807, 2.05) is 55.5 Å². The number of fused-ring (bicyclic) bond motifs is 1. The van der Waals surface area contributed by atoms with E-state index in [-0.39, 0.29) is 6.42 Å². The third-order valence-electron chi connectivity index (χ3n) is 4.74. The first-order valence-corrected chi connectivity index (χ1v) is 10.7. The molecule has 3 aromatic carbocycles. The smallest absolute Gasteiger partial charge is 0.307 e. The van der Waals surface area contributed by atoms with Crippen LogP contribution in [0, 0.1) is 6.92 Å². The number of carbonyl (C=O) groups is 1. The molecule has 0 unspecified atom stereocenters. The van der Waals surface area contributed by atoms with Crippen LogP contribution in [0.5, 0.6) is 0 Å². The first-order chi connectivity index (χ1) is 15.0. The number of H-pyrrole nitrogens is 1. The summed E-state index contributed by atoms with van der Waals surface area (Å²) in [5, 5.41) is 27.7. The molecule has 0 atom stereocenters. The summed E-state index contributed by atoms with van der Waals surface area (Å²) < 4.78 is 0. The second-order valence-corrected chi connectivity index (χ2v) is 9.14. The number of carboxylic acid groups (broad SMARTS) is 1. The second kappa shape index (κ2) is 9.55. The van der Waals surface area contributed by atoms with E-state index in [0.717, 1.165) is 44.3 Å². The van der Waals surface area contributed by atoms with Crippen LogP contribution in [0.4, 0.5) is 0 Å². The number of aromatic nitrogens is 2. The van der Waals surface area contributed by atoms with E-state index in [0.29, 0.717) is 5.02 Å². The van der Waals surface area contributed by atoms with Crippen LogP contribution in [-0.4, -0.2) is 32.0 Å².